The van der Waals surface area contributed by atoms with Crippen LogP contribution in [0.15, 0.2) is 42.5 Å². The number of rotatable bonds is 7. The summed E-state index contributed by atoms with van der Waals surface area (Å²) in [4.78, 5) is 26.2. The summed E-state index contributed by atoms with van der Waals surface area (Å²) < 4.78 is 31.6. The minimum Gasteiger partial charge on any atom is -0.495 e. The number of para-hydroxylation sites is 2. The lowest BCUT2D eigenvalue weighted by molar-refractivity contribution is -0.116. The third-order valence-electron chi connectivity index (χ3n) is 3.66. The summed E-state index contributed by atoms with van der Waals surface area (Å²) in [6.45, 7) is 1.94. The molecule has 2 rings (SSSR count). The van der Waals surface area contributed by atoms with E-state index in [1.165, 1.54) is 18.1 Å². The Bertz CT molecular complexity index is 796. The quantitative estimate of drug-likeness (QED) is 0.821. The highest BCUT2D eigenvalue weighted by Gasteiger charge is 2.20. The molecule has 0 aliphatic heterocycles. The first kappa shape index (κ1) is 19.4. The van der Waals surface area contributed by atoms with Crippen molar-refractivity contribution in [1.29, 1.82) is 0 Å². The molecule has 5 nitrogen and oxygen atoms in total. The van der Waals surface area contributed by atoms with E-state index in [9.17, 15) is 18.4 Å². The van der Waals surface area contributed by atoms with Crippen molar-refractivity contribution < 1.29 is 23.1 Å². The number of ether oxygens (including phenoxy) is 1. The molecule has 0 unspecified atom stereocenters. The standard InChI is InChI=1S/C19H20F2N2O3/c1-3-10-23(19(25)13-8-9-14(20)15(21)11-13)12-18(24)22-16-6-4-5-7-17(16)26-2/h4-9,11H,3,10,12H2,1-2H3,(H,22,24). The maximum absolute atomic E-state index is 13.4. The fourth-order valence-electron chi connectivity index (χ4n) is 2.45. The van der Waals surface area contributed by atoms with E-state index in [0.29, 0.717) is 24.4 Å². The van der Waals surface area contributed by atoms with Gasteiger partial charge in [0.15, 0.2) is 11.6 Å². The Kier molecular flexibility index (Phi) is 6.66. The van der Waals surface area contributed by atoms with Gasteiger partial charge in [-0.05, 0) is 36.8 Å². The number of nitrogens with one attached hydrogen (secondary N) is 1. The number of benzene rings is 2. The van der Waals surface area contributed by atoms with Crippen LogP contribution in [0.4, 0.5) is 14.5 Å². The molecule has 2 amide bonds. The van der Waals surface area contributed by atoms with Crippen molar-refractivity contribution in [3.8, 4) is 5.75 Å². The molecule has 0 spiro atoms. The molecule has 0 bridgehead atoms. The van der Waals surface area contributed by atoms with Gasteiger partial charge in [-0.2, -0.15) is 0 Å². The van der Waals surface area contributed by atoms with Gasteiger partial charge in [-0.3, -0.25) is 9.59 Å². The van der Waals surface area contributed by atoms with Gasteiger partial charge in [0.05, 0.1) is 12.8 Å². The van der Waals surface area contributed by atoms with Gasteiger partial charge in [0, 0.05) is 12.1 Å². The third kappa shape index (κ3) is 4.78. The fourth-order valence-corrected chi connectivity index (χ4v) is 2.45. The zero-order chi connectivity index (χ0) is 19.1. The SMILES string of the molecule is CCCN(CC(=O)Nc1ccccc1OC)C(=O)c1ccc(F)c(F)c1. The van der Waals surface area contributed by atoms with Gasteiger partial charge < -0.3 is 15.0 Å². The molecule has 0 aliphatic rings. The van der Waals surface area contributed by atoms with Crippen molar-refractivity contribution in [1.82, 2.24) is 4.90 Å². The van der Waals surface area contributed by atoms with Crippen molar-refractivity contribution in [2.24, 2.45) is 0 Å². The highest BCUT2D eigenvalue weighted by molar-refractivity contribution is 5.99. The zero-order valence-corrected chi connectivity index (χ0v) is 14.6. The second-order valence-electron chi connectivity index (χ2n) is 5.60. The van der Waals surface area contributed by atoms with Gasteiger partial charge in [0.2, 0.25) is 5.91 Å². The van der Waals surface area contributed by atoms with Crippen LogP contribution in [0.3, 0.4) is 0 Å². The molecule has 0 atom stereocenters. The Hall–Kier alpha value is -2.96. The lowest BCUT2D eigenvalue weighted by Gasteiger charge is -2.22. The van der Waals surface area contributed by atoms with E-state index in [1.54, 1.807) is 24.3 Å². The predicted octanol–water partition coefficient (Wildman–Crippen LogP) is 3.46. The average molecular weight is 362 g/mol. The number of hydrogen-bond donors (Lipinski definition) is 1. The second-order valence-corrected chi connectivity index (χ2v) is 5.60. The maximum Gasteiger partial charge on any atom is 0.254 e. The van der Waals surface area contributed by atoms with E-state index in [1.807, 2.05) is 6.92 Å². The normalized spacial score (nSPS) is 10.3. The lowest BCUT2D eigenvalue weighted by Crippen LogP contribution is -2.38. The van der Waals surface area contributed by atoms with Crippen LogP contribution in [-0.2, 0) is 4.79 Å². The van der Waals surface area contributed by atoms with E-state index in [2.05, 4.69) is 5.32 Å². The maximum atomic E-state index is 13.4. The lowest BCUT2D eigenvalue weighted by atomic mass is 10.1. The van der Waals surface area contributed by atoms with E-state index < -0.39 is 23.4 Å². The zero-order valence-electron chi connectivity index (χ0n) is 14.6. The fraction of sp³-hybridized carbons (Fsp3) is 0.263. The molecule has 0 saturated carbocycles. The Balaban J connectivity index is 2.12. The molecule has 2 aromatic rings. The predicted molar refractivity (Wildman–Crippen MR) is 94.2 cm³/mol. The van der Waals surface area contributed by atoms with Crippen molar-refractivity contribution in [3.63, 3.8) is 0 Å². The second kappa shape index (κ2) is 8.94. The largest absolute Gasteiger partial charge is 0.495 e. The molecule has 0 saturated heterocycles. The van der Waals surface area contributed by atoms with E-state index >= 15 is 0 Å². The molecule has 0 heterocycles. The summed E-state index contributed by atoms with van der Waals surface area (Å²) in [5.41, 5.74) is 0.471. The Morgan fingerprint density at radius 3 is 2.50 bits per heavy atom. The summed E-state index contributed by atoms with van der Waals surface area (Å²) in [6.07, 6.45) is 0.608. The Morgan fingerprint density at radius 2 is 1.85 bits per heavy atom. The van der Waals surface area contributed by atoms with E-state index in [4.69, 9.17) is 4.74 Å². The summed E-state index contributed by atoms with van der Waals surface area (Å²) >= 11 is 0. The summed E-state index contributed by atoms with van der Waals surface area (Å²) in [5, 5.41) is 2.69. The first-order valence-corrected chi connectivity index (χ1v) is 8.13. The molecule has 0 aromatic heterocycles. The highest BCUT2D eigenvalue weighted by Crippen LogP contribution is 2.23. The van der Waals surface area contributed by atoms with Crippen LogP contribution in [0.25, 0.3) is 0 Å². The average Bonchev–Trinajstić information content (AvgIpc) is 2.63. The van der Waals surface area contributed by atoms with Crippen LogP contribution in [0.5, 0.6) is 5.75 Å². The van der Waals surface area contributed by atoms with Gasteiger partial charge in [-0.15, -0.1) is 0 Å². The first-order valence-electron chi connectivity index (χ1n) is 8.13. The van der Waals surface area contributed by atoms with Crippen molar-refractivity contribution in [2.75, 3.05) is 25.5 Å². The highest BCUT2D eigenvalue weighted by atomic mass is 19.2. The molecule has 2 aromatic carbocycles. The van der Waals surface area contributed by atoms with Crippen LogP contribution in [0, 0.1) is 11.6 Å². The molecule has 0 radical (unpaired) electrons. The topological polar surface area (TPSA) is 58.6 Å². The molecule has 1 N–H and O–H groups in total. The monoisotopic (exact) mass is 362 g/mol. The number of amides is 2. The Labute approximate surface area is 150 Å². The van der Waals surface area contributed by atoms with Crippen molar-refractivity contribution in [2.45, 2.75) is 13.3 Å². The van der Waals surface area contributed by atoms with Crippen molar-refractivity contribution in [3.05, 3.63) is 59.7 Å². The molecule has 7 heteroatoms. The van der Waals surface area contributed by atoms with Gasteiger partial charge in [-0.25, -0.2) is 8.78 Å². The van der Waals surface area contributed by atoms with Crippen LogP contribution >= 0.6 is 0 Å². The van der Waals surface area contributed by atoms with Gasteiger partial charge in [-0.1, -0.05) is 19.1 Å². The minimum absolute atomic E-state index is 0.0116. The molecular weight excluding hydrogens is 342 g/mol. The number of methoxy groups -OCH3 is 1. The number of carbonyl (C=O) groups excluding carboxylic acids is 2. The molecule has 138 valence electrons. The minimum atomic E-state index is -1.11. The number of carbonyl (C=O) groups is 2. The van der Waals surface area contributed by atoms with Gasteiger partial charge in [0.1, 0.15) is 12.3 Å². The van der Waals surface area contributed by atoms with Gasteiger partial charge >= 0.3 is 0 Å². The Morgan fingerprint density at radius 1 is 1.12 bits per heavy atom. The summed E-state index contributed by atoms with van der Waals surface area (Å²) in [5.74, 6) is -2.60. The molecule has 0 aliphatic carbocycles. The summed E-state index contributed by atoms with van der Waals surface area (Å²) in [6, 6.07) is 9.81. The smallest absolute Gasteiger partial charge is 0.254 e. The molecule has 26 heavy (non-hydrogen) atoms. The van der Waals surface area contributed by atoms with Crippen molar-refractivity contribution >= 4 is 17.5 Å². The van der Waals surface area contributed by atoms with Gasteiger partial charge in [0.25, 0.3) is 5.91 Å². The third-order valence-corrected chi connectivity index (χ3v) is 3.66. The van der Waals surface area contributed by atoms with E-state index in [0.717, 1.165) is 12.1 Å². The first-order chi connectivity index (χ1) is 12.5. The van der Waals surface area contributed by atoms with Crippen LogP contribution in [0.1, 0.15) is 23.7 Å². The summed E-state index contributed by atoms with van der Waals surface area (Å²) in [7, 11) is 1.49. The van der Waals surface area contributed by atoms with Crippen LogP contribution in [-0.4, -0.2) is 36.9 Å². The number of halogens is 2. The van der Waals surface area contributed by atoms with Crippen LogP contribution < -0.4 is 10.1 Å². The molecule has 0 fully saturated rings. The van der Waals surface area contributed by atoms with E-state index in [-0.39, 0.29) is 12.1 Å². The van der Waals surface area contributed by atoms with Crippen LogP contribution in [0.2, 0.25) is 0 Å². The number of anilines is 1. The molecular formula is C19H20F2N2O3. The number of nitrogens with zero attached hydrogens (tertiary/aromatic N) is 1. The number of hydrogen-bond acceptors (Lipinski definition) is 3.